The van der Waals surface area contributed by atoms with Crippen molar-refractivity contribution in [3.63, 3.8) is 0 Å². The fourth-order valence-corrected chi connectivity index (χ4v) is 11.5. The molecule has 0 spiro atoms. The number of benzene rings is 3. The number of nitrogens with one attached hydrogen (secondary N) is 2. The van der Waals surface area contributed by atoms with Gasteiger partial charge < -0.3 is 24.6 Å². The van der Waals surface area contributed by atoms with Gasteiger partial charge in [-0.25, -0.2) is 29.2 Å². The Morgan fingerprint density at radius 3 is 1.83 bits per heavy atom. The zero-order valence-electron chi connectivity index (χ0n) is 30.9. The molecule has 13 heteroatoms. The molecule has 53 heavy (non-hydrogen) atoms. The van der Waals surface area contributed by atoms with Crippen LogP contribution in [0.3, 0.4) is 0 Å². The number of carbonyl (C=O) groups excluding carboxylic acids is 4. The standard InChI is InChI=1S/C40H45N4O8P/c1-37(2)18-26(41-24-45)20-39(5,22-37)43-35(47)50-28-15-16-32(51-36(48)44-40(6)21-27(42-25-46)19-38(3,4)23-40)34(17-28)53(49)33-14-10-8-12-30(33)29-11-7-9-13-31(29)52-53/h7-17,26-27H,18-23H2,1-6H3,(H,43,47)(H,44,48). The lowest BCUT2D eigenvalue weighted by molar-refractivity contribution is 0.110. The van der Waals surface area contributed by atoms with Crippen LogP contribution in [0.25, 0.3) is 11.1 Å². The van der Waals surface area contributed by atoms with Crippen LogP contribution in [-0.2, 0) is 14.2 Å². The van der Waals surface area contributed by atoms with E-state index in [4.69, 9.17) is 14.0 Å². The highest BCUT2D eigenvalue weighted by Gasteiger charge is 2.45. The van der Waals surface area contributed by atoms with E-state index in [-0.39, 0.29) is 39.7 Å². The first-order valence-corrected chi connectivity index (χ1v) is 19.3. The number of isocyanates is 2. The van der Waals surface area contributed by atoms with Crippen LogP contribution in [0.2, 0.25) is 0 Å². The van der Waals surface area contributed by atoms with E-state index < -0.39 is 30.6 Å². The number of hydrogen-bond donors (Lipinski definition) is 2. The van der Waals surface area contributed by atoms with E-state index in [2.05, 4.69) is 34.5 Å². The van der Waals surface area contributed by atoms with Gasteiger partial charge in [-0.2, -0.15) is 0 Å². The van der Waals surface area contributed by atoms with E-state index in [0.717, 1.165) is 5.56 Å². The average Bonchev–Trinajstić information content (AvgIpc) is 3.03. The molecule has 12 nitrogen and oxygen atoms in total. The number of para-hydroxylation sites is 1. The highest BCUT2D eigenvalue weighted by molar-refractivity contribution is 7.75. The van der Waals surface area contributed by atoms with Crippen molar-refractivity contribution < 1.29 is 37.7 Å². The summed E-state index contributed by atoms with van der Waals surface area (Å²) in [5, 5.41) is 6.34. The summed E-state index contributed by atoms with van der Waals surface area (Å²) in [5.74, 6) is 0.370. The molecule has 5 atom stereocenters. The third-order valence-corrected chi connectivity index (χ3v) is 12.7. The van der Waals surface area contributed by atoms with E-state index in [1.165, 1.54) is 18.2 Å². The van der Waals surface area contributed by atoms with Crippen molar-refractivity contribution >= 4 is 42.3 Å². The molecule has 2 aliphatic carbocycles. The Balaban J connectivity index is 1.34. The third-order valence-electron chi connectivity index (χ3n) is 10.3. The predicted molar refractivity (Wildman–Crippen MR) is 200 cm³/mol. The van der Waals surface area contributed by atoms with Gasteiger partial charge in [0, 0.05) is 16.6 Å². The molecular weight excluding hydrogens is 695 g/mol. The van der Waals surface area contributed by atoms with Crippen LogP contribution in [0, 0.1) is 10.8 Å². The molecule has 278 valence electrons. The van der Waals surface area contributed by atoms with Crippen molar-refractivity contribution in [2.75, 3.05) is 0 Å². The van der Waals surface area contributed by atoms with Gasteiger partial charge >= 0.3 is 19.6 Å². The Bertz CT molecular complexity index is 2090. The highest BCUT2D eigenvalue weighted by atomic mass is 31.2. The lowest BCUT2D eigenvalue weighted by Gasteiger charge is -2.45. The second-order valence-corrected chi connectivity index (χ2v) is 18.9. The molecule has 6 rings (SSSR count). The SMILES string of the molecule is CC1(C)CC(N=C=O)CC(C)(NC(=O)Oc2ccc(OC(=O)NC3(C)CC(N=C=O)CC(C)(C)C3)c(P3(=O)Oc4ccccc4-c4ccccc43)c2)C1. The summed E-state index contributed by atoms with van der Waals surface area (Å²) >= 11 is 0. The number of fused-ring (bicyclic) bond motifs is 3. The number of carbonyl (C=O) groups is 2. The molecule has 1 heterocycles. The molecule has 3 aliphatic rings. The molecular formula is C40H45N4O8P. The van der Waals surface area contributed by atoms with Crippen molar-refractivity contribution in [1.29, 1.82) is 0 Å². The minimum absolute atomic E-state index is 0.0165. The third kappa shape index (κ3) is 8.31. The second kappa shape index (κ2) is 14.1. The molecule has 0 saturated heterocycles. The fraction of sp³-hybridized carbons (Fsp3) is 0.450. The van der Waals surface area contributed by atoms with E-state index in [1.807, 2.05) is 52.0 Å². The molecule has 0 aromatic heterocycles. The highest BCUT2D eigenvalue weighted by Crippen LogP contribution is 2.55. The summed E-state index contributed by atoms with van der Waals surface area (Å²) in [4.78, 5) is 57.3. The summed E-state index contributed by atoms with van der Waals surface area (Å²) < 4.78 is 33.5. The largest absolute Gasteiger partial charge is 0.436 e. The minimum Gasteiger partial charge on any atom is -0.436 e. The van der Waals surface area contributed by atoms with E-state index in [0.29, 0.717) is 55.1 Å². The van der Waals surface area contributed by atoms with Crippen molar-refractivity contribution in [2.24, 2.45) is 20.8 Å². The Hall–Kier alpha value is -5.01. The maximum absolute atomic E-state index is 15.4. The number of hydrogen-bond acceptors (Lipinski definition) is 10. The molecule has 5 unspecified atom stereocenters. The number of amides is 2. The first kappa shape index (κ1) is 37.7. The van der Waals surface area contributed by atoms with Crippen LogP contribution in [0.1, 0.15) is 80.1 Å². The normalized spacial score (nSPS) is 27.9. The fourth-order valence-electron chi connectivity index (χ4n) is 9.10. The van der Waals surface area contributed by atoms with Crippen molar-refractivity contribution in [1.82, 2.24) is 10.6 Å². The summed E-state index contributed by atoms with van der Waals surface area (Å²) in [6, 6.07) is 18.0. The van der Waals surface area contributed by atoms with E-state index in [9.17, 15) is 19.2 Å². The van der Waals surface area contributed by atoms with Crippen molar-refractivity contribution in [3.05, 3.63) is 66.7 Å². The number of ether oxygens (including phenoxy) is 2. The number of rotatable bonds is 7. The van der Waals surface area contributed by atoms with Gasteiger partial charge in [0.1, 0.15) is 17.2 Å². The van der Waals surface area contributed by atoms with Gasteiger partial charge in [0.05, 0.1) is 22.7 Å². The summed E-state index contributed by atoms with van der Waals surface area (Å²) in [6.45, 7) is 12.0. The Morgan fingerprint density at radius 2 is 1.25 bits per heavy atom. The van der Waals surface area contributed by atoms with Gasteiger partial charge in [0.15, 0.2) is 0 Å². The molecule has 3 aromatic rings. The molecule has 2 saturated carbocycles. The van der Waals surface area contributed by atoms with Crippen LogP contribution in [0.5, 0.6) is 17.2 Å². The molecule has 2 fully saturated rings. The van der Waals surface area contributed by atoms with E-state index >= 15 is 4.57 Å². The molecule has 3 aromatic carbocycles. The zero-order valence-corrected chi connectivity index (χ0v) is 31.8. The topological polar surface area (TPSA) is 162 Å². The monoisotopic (exact) mass is 740 g/mol. The van der Waals surface area contributed by atoms with Gasteiger partial charge in [-0.1, -0.05) is 64.1 Å². The first-order valence-electron chi connectivity index (χ1n) is 17.7. The Morgan fingerprint density at radius 1 is 0.717 bits per heavy atom. The number of aliphatic imine (C=N–C) groups is 2. The van der Waals surface area contributed by atoms with E-state index in [1.54, 1.807) is 36.4 Å². The quantitative estimate of drug-likeness (QED) is 0.143. The molecule has 0 bridgehead atoms. The van der Waals surface area contributed by atoms with Gasteiger partial charge in [-0.05, 0) is 99.1 Å². The van der Waals surface area contributed by atoms with Gasteiger partial charge in [0.25, 0.3) is 0 Å². The van der Waals surface area contributed by atoms with Gasteiger partial charge in [-0.15, -0.1) is 0 Å². The minimum atomic E-state index is -4.06. The zero-order chi connectivity index (χ0) is 38.2. The summed E-state index contributed by atoms with van der Waals surface area (Å²) in [6.07, 6.45) is 5.12. The van der Waals surface area contributed by atoms with Crippen LogP contribution >= 0.6 is 7.37 Å². The van der Waals surface area contributed by atoms with Crippen LogP contribution in [0.15, 0.2) is 76.7 Å². The molecule has 2 N–H and O–H groups in total. The van der Waals surface area contributed by atoms with Crippen LogP contribution < -0.4 is 35.2 Å². The summed E-state index contributed by atoms with van der Waals surface area (Å²) in [5.41, 5.74) is -0.524. The maximum Gasteiger partial charge on any atom is 0.413 e. The second-order valence-electron chi connectivity index (χ2n) is 16.7. The average molecular weight is 741 g/mol. The maximum atomic E-state index is 15.4. The summed E-state index contributed by atoms with van der Waals surface area (Å²) in [7, 11) is -4.06. The lowest BCUT2D eigenvalue weighted by atomic mass is 9.67. The van der Waals surface area contributed by atoms with Crippen LogP contribution in [0.4, 0.5) is 9.59 Å². The Kier molecular flexibility index (Phi) is 10.0. The van der Waals surface area contributed by atoms with Crippen LogP contribution in [-0.4, -0.2) is 47.5 Å². The molecule has 2 amide bonds. The van der Waals surface area contributed by atoms with Gasteiger partial charge in [0.2, 0.25) is 12.2 Å². The first-order chi connectivity index (χ1) is 24.9. The van der Waals surface area contributed by atoms with Crippen molar-refractivity contribution in [3.8, 4) is 28.4 Å². The molecule has 1 aliphatic heterocycles. The smallest absolute Gasteiger partial charge is 0.413 e. The molecule has 0 radical (unpaired) electrons. The Labute approximate surface area is 309 Å². The predicted octanol–water partition coefficient (Wildman–Crippen LogP) is 7.50. The lowest BCUT2D eigenvalue weighted by Crippen LogP contribution is -2.54. The van der Waals surface area contributed by atoms with Crippen molar-refractivity contribution in [2.45, 2.75) is 103 Å². The number of nitrogens with zero attached hydrogens (tertiary/aromatic N) is 2. The van der Waals surface area contributed by atoms with Gasteiger partial charge in [-0.3, -0.25) is 4.57 Å².